The van der Waals surface area contributed by atoms with E-state index in [9.17, 15) is 22.8 Å². The molecule has 1 fully saturated rings. The zero-order valence-corrected chi connectivity index (χ0v) is 25.9. The lowest BCUT2D eigenvalue weighted by Crippen LogP contribution is -2.48. The number of amides is 2. The molecule has 11 nitrogen and oxygen atoms in total. The van der Waals surface area contributed by atoms with E-state index in [0.717, 1.165) is 0 Å². The van der Waals surface area contributed by atoms with Gasteiger partial charge >= 0.3 is 12.3 Å². The number of ether oxygens (including phenoxy) is 3. The topological polar surface area (TPSA) is 128 Å². The number of benzene rings is 2. The Morgan fingerprint density at radius 3 is 2.57 bits per heavy atom. The number of rotatable bonds is 8. The summed E-state index contributed by atoms with van der Waals surface area (Å²) in [5.41, 5.74) is -1.54. The lowest BCUT2D eigenvalue weighted by Gasteiger charge is -2.37. The van der Waals surface area contributed by atoms with Crippen molar-refractivity contribution in [1.29, 1.82) is 0 Å². The maximum absolute atomic E-state index is 15.0. The quantitative estimate of drug-likeness (QED) is 0.222. The second-order valence-electron chi connectivity index (χ2n) is 11.2. The SMILES string of the molecule is CC(C)(C)OC(=O)NC[C@H]1CN(c2c(NC(=O)c3csc(-c4ccnnc4)n3)ccc(Oc3ccccc3)c2C(F)(F)F)CCO1. The highest BCUT2D eigenvalue weighted by atomic mass is 32.1. The van der Waals surface area contributed by atoms with Crippen LogP contribution in [0.2, 0.25) is 0 Å². The fourth-order valence-electron chi connectivity index (χ4n) is 4.65. The van der Waals surface area contributed by atoms with E-state index in [1.165, 1.54) is 46.1 Å². The maximum atomic E-state index is 15.0. The normalized spacial score (nSPS) is 15.3. The highest BCUT2D eigenvalue weighted by Gasteiger charge is 2.41. The van der Waals surface area contributed by atoms with Gasteiger partial charge in [-0.1, -0.05) is 18.2 Å². The first-order valence-electron chi connectivity index (χ1n) is 14.2. The molecule has 0 aliphatic carbocycles. The van der Waals surface area contributed by atoms with Gasteiger partial charge in [0.2, 0.25) is 0 Å². The summed E-state index contributed by atoms with van der Waals surface area (Å²) < 4.78 is 61.6. The molecule has 2 amide bonds. The summed E-state index contributed by atoms with van der Waals surface area (Å²) >= 11 is 1.18. The van der Waals surface area contributed by atoms with E-state index < -0.39 is 41.2 Å². The van der Waals surface area contributed by atoms with Crippen molar-refractivity contribution >= 4 is 34.7 Å². The van der Waals surface area contributed by atoms with Gasteiger partial charge in [-0.3, -0.25) is 4.79 Å². The fourth-order valence-corrected chi connectivity index (χ4v) is 5.44. The van der Waals surface area contributed by atoms with Crippen LogP contribution in [-0.2, 0) is 15.7 Å². The summed E-state index contributed by atoms with van der Waals surface area (Å²) in [6, 6.07) is 12.3. The number of hydrogen-bond acceptors (Lipinski definition) is 10. The van der Waals surface area contributed by atoms with Crippen molar-refractivity contribution in [3.63, 3.8) is 0 Å². The highest BCUT2D eigenvalue weighted by Crippen LogP contribution is 2.48. The van der Waals surface area contributed by atoms with Gasteiger partial charge in [0.25, 0.3) is 5.91 Å². The third-order valence-corrected chi connectivity index (χ3v) is 7.43. The minimum Gasteiger partial charge on any atom is -0.457 e. The fraction of sp³-hybridized carbons (Fsp3) is 0.323. The van der Waals surface area contributed by atoms with Crippen molar-refractivity contribution < 1.29 is 37.0 Å². The summed E-state index contributed by atoms with van der Waals surface area (Å²) in [6.45, 7) is 5.23. The molecule has 5 rings (SSSR count). The predicted octanol–water partition coefficient (Wildman–Crippen LogP) is 6.39. The van der Waals surface area contributed by atoms with E-state index in [2.05, 4.69) is 25.8 Å². The number of morpholine rings is 1. The first kappa shape index (κ1) is 32.6. The van der Waals surface area contributed by atoms with Crippen LogP contribution < -0.4 is 20.3 Å². The van der Waals surface area contributed by atoms with Gasteiger partial charge in [0, 0.05) is 30.6 Å². The number of aromatic nitrogens is 3. The molecule has 0 unspecified atom stereocenters. The van der Waals surface area contributed by atoms with E-state index in [1.54, 1.807) is 57.2 Å². The molecule has 1 aliphatic heterocycles. The summed E-state index contributed by atoms with van der Waals surface area (Å²) in [5, 5.41) is 14.8. The molecule has 1 atom stereocenters. The van der Waals surface area contributed by atoms with Crippen molar-refractivity contribution in [3.8, 4) is 22.1 Å². The van der Waals surface area contributed by atoms with E-state index >= 15 is 0 Å². The van der Waals surface area contributed by atoms with Gasteiger partial charge < -0.3 is 29.7 Å². The number of hydrogen-bond donors (Lipinski definition) is 2. The number of carbonyl (C=O) groups excluding carboxylic acids is 2. The average Bonchev–Trinajstić information content (AvgIpc) is 3.51. The molecule has 1 aliphatic rings. The summed E-state index contributed by atoms with van der Waals surface area (Å²) in [6.07, 6.45) is -3.27. The number of nitrogens with one attached hydrogen (secondary N) is 2. The van der Waals surface area contributed by atoms with Crippen LogP contribution in [0.4, 0.5) is 29.3 Å². The van der Waals surface area contributed by atoms with Crippen molar-refractivity contribution in [3.05, 3.63) is 77.6 Å². The summed E-state index contributed by atoms with van der Waals surface area (Å²) in [5.74, 6) is -0.937. The number of carbonyl (C=O) groups is 2. The molecule has 3 heterocycles. The van der Waals surface area contributed by atoms with Gasteiger partial charge in [0.1, 0.15) is 33.4 Å². The average molecular weight is 657 g/mol. The number of nitrogens with zero attached hydrogens (tertiary/aromatic N) is 4. The molecule has 2 aromatic heterocycles. The number of anilines is 2. The Balaban J connectivity index is 1.48. The van der Waals surface area contributed by atoms with E-state index in [0.29, 0.717) is 10.6 Å². The zero-order chi connectivity index (χ0) is 32.9. The maximum Gasteiger partial charge on any atom is 0.422 e. The third kappa shape index (κ3) is 8.28. The third-order valence-electron chi connectivity index (χ3n) is 6.54. The second kappa shape index (κ2) is 13.7. The Labute approximate surface area is 266 Å². The molecular formula is C31H31F3N6O5S. The van der Waals surface area contributed by atoms with Crippen LogP contribution >= 0.6 is 11.3 Å². The minimum absolute atomic E-state index is 0.0138. The lowest BCUT2D eigenvalue weighted by molar-refractivity contribution is -0.138. The molecule has 2 aromatic carbocycles. The monoisotopic (exact) mass is 656 g/mol. The summed E-state index contributed by atoms with van der Waals surface area (Å²) in [4.78, 5) is 31.4. The second-order valence-corrected chi connectivity index (χ2v) is 12.1. The zero-order valence-electron chi connectivity index (χ0n) is 25.1. The van der Waals surface area contributed by atoms with Crippen molar-refractivity contribution in [2.24, 2.45) is 0 Å². The van der Waals surface area contributed by atoms with Crippen LogP contribution in [0.1, 0.15) is 36.8 Å². The van der Waals surface area contributed by atoms with Crippen LogP contribution in [0, 0.1) is 0 Å². The Kier molecular flexibility index (Phi) is 9.72. The van der Waals surface area contributed by atoms with Gasteiger partial charge in [-0.2, -0.15) is 23.4 Å². The molecular weight excluding hydrogens is 625 g/mol. The Morgan fingerprint density at radius 2 is 1.87 bits per heavy atom. The number of para-hydroxylation sites is 1. The number of thiazole rings is 1. The first-order chi connectivity index (χ1) is 21.9. The van der Waals surface area contributed by atoms with Crippen LogP contribution in [0.15, 0.2) is 66.3 Å². The molecule has 0 spiro atoms. The van der Waals surface area contributed by atoms with Crippen molar-refractivity contribution in [2.45, 2.75) is 38.7 Å². The van der Waals surface area contributed by atoms with Crippen molar-refractivity contribution in [1.82, 2.24) is 20.5 Å². The Bertz CT molecular complexity index is 1660. The molecule has 15 heteroatoms. The Morgan fingerprint density at radius 1 is 1.09 bits per heavy atom. The minimum atomic E-state index is -4.88. The van der Waals surface area contributed by atoms with Gasteiger partial charge in [-0.25, -0.2) is 9.78 Å². The van der Waals surface area contributed by atoms with Gasteiger partial charge in [0.05, 0.1) is 36.5 Å². The van der Waals surface area contributed by atoms with E-state index in [-0.39, 0.29) is 49.1 Å². The molecule has 46 heavy (non-hydrogen) atoms. The number of alkyl halides is 3. The molecule has 4 aromatic rings. The van der Waals surface area contributed by atoms with Gasteiger partial charge in [-0.15, -0.1) is 11.3 Å². The van der Waals surface area contributed by atoms with Crippen LogP contribution in [-0.4, -0.2) is 65.1 Å². The lowest BCUT2D eigenvalue weighted by atomic mass is 10.1. The molecule has 0 radical (unpaired) electrons. The van der Waals surface area contributed by atoms with Crippen LogP contribution in [0.5, 0.6) is 11.5 Å². The Hall–Kier alpha value is -4.76. The molecule has 1 saturated heterocycles. The van der Waals surface area contributed by atoms with Crippen molar-refractivity contribution in [2.75, 3.05) is 36.5 Å². The van der Waals surface area contributed by atoms with Gasteiger partial charge in [-0.05, 0) is 51.1 Å². The standard InChI is InChI=1S/C31H31F3N6O5S/c1-30(2,3)45-29(42)35-16-21-17-40(13-14-43-21)26-22(38-27(41)23-18-46-28(39-23)19-11-12-36-37-15-19)9-10-24(25(26)31(32,33)34)44-20-7-5-4-6-8-20/h4-12,15,18,21H,13-14,16-17H2,1-3H3,(H,35,42)(H,38,41)/t21-/m0/s1. The van der Waals surface area contributed by atoms with Crippen LogP contribution in [0.25, 0.3) is 10.6 Å². The van der Waals surface area contributed by atoms with E-state index in [1.807, 2.05) is 0 Å². The smallest absolute Gasteiger partial charge is 0.422 e. The number of alkyl carbamates (subject to hydrolysis) is 1. The largest absolute Gasteiger partial charge is 0.457 e. The summed E-state index contributed by atoms with van der Waals surface area (Å²) in [7, 11) is 0. The molecule has 242 valence electrons. The highest BCUT2D eigenvalue weighted by molar-refractivity contribution is 7.13. The first-order valence-corrected chi connectivity index (χ1v) is 15.1. The van der Waals surface area contributed by atoms with E-state index in [4.69, 9.17) is 14.2 Å². The molecule has 2 N–H and O–H groups in total. The van der Waals surface area contributed by atoms with Gasteiger partial charge in [0.15, 0.2) is 0 Å². The molecule has 0 saturated carbocycles. The number of halogens is 3. The van der Waals surface area contributed by atoms with Crippen LogP contribution in [0.3, 0.4) is 0 Å². The molecule has 0 bridgehead atoms. The predicted molar refractivity (Wildman–Crippen MR) is 165 cm³/mol.